The summed E-state index contributed by atoms with van der Waals surface area (Å²) in [6.45, 7) is 2.84. The average Bonchev–Trinajstić information content (AvgIpc) is 2.46. The molecule has 1 aliphatic rings. The van der Waals surface area contributed by atoms with E-state index in [0.717, 1.165) is 36.3 Å². The van der Waals surface area contributed by atoms with Gasteiger partial charge in [0.05, 0.1) is 6.42 Å². The minimum absolute atomic E-state index is 0.159. The lowest BCUT2D eigenvalue weighted by Gasteiger charge is -2.30. The third-order valence-electron chi connectivity index (χ3n) is 3.96. The van der Waals surface area contributed by atoms with Crippen molar-refractivity contribution in [1.29, 1.82) is 0 Å². The first-order valence-corrected chi connectivity index (χ1v) is 7.38. The summed E-state index contributed by atoms with van der Waals surface area (Å²) < 4.78 is 0. The van der Waals surface area contributed by atoms with Crippen molar-refractivity contribution in [2.45, 2.75) is 26.2 Å². The number of rotatable bonds is 2. The summed E-state index contributed by atoms with van der Waals surface area (Å²) in [6.07, 6.45) is 2.44. The van der Waals surface area contributed by atoms with E-state index in [1.165, 1.54) is 11.1 Å². The smallest absolute Gasteiger partial charge is 0.231 e. The van der Waals surface area contributed by atoms with Crippen molar-refractivity contribution in [1.82, 2.24) is 0 Å². The van der Waals surface area contributed by atoms with Gasteiger partial charge in [0.1, 0.15) is 0 Å². The molecule has 0 unspecified atom stereocenters. The van der Waals surface area contributed by atoms with E-state index >= 15 is 0 Å². The van der Waals surface area contributed by atoms with Crippen LogP contribution in [0.2, 0.25) is 0 Å². The largest absolute Gasteiger partial charge is 0.399 e. The molecule has 1 amide bonds. The van der Waals surface area contributed by atoms with Gasteiger partial charge in [-0.2, -0.15) is 0 Å². The first kappa shape index (κ1) is 13.7. The van der Waals surface area contributed by atoms with E-state index < -0.39 is 0 Å². The quantitative estimate of drug-likeness (QED) is 0.859. The molecule has 0 bridgehead atoms. The van der Waals surface area contributed by atoms with Gasteiger partial charge in [-0.15, -0.1) is 0 Å². The normalized spacial score (nSPS) is 13.9. The SMILES string of the molecule is Cc1cccc(CC(=O)N2CCCc3cc(N)ccc32)c1. The van der Waals surface area contributed by atoms with Crippen LogP contribution in [-0.2, 0) is 17.6 Å². The lowest BCUT2D eigenvalue weighted by Crippen LogP contribution is -2.36. The molecule has 3 nitrogen and oxygen atoms in total. The molecule has 0 saturated heterocycles. The van der Waals surface area contributed by atoms with Gasteiger partial charge in [-0.25, -0.2) is 0 Å². The molecule has 0 atom stereocenters. The molecule has 3 rings (SSSR count). The monoisotopic (exact) mass is 280 g/mol. The fourth-order valence-electron chi connectivity index (χ4n) is 2.97. The minimum Gasteiger partial charge on any atom is -0.399 e. The molecule has 21 heavy (non-hydrogen) atoms. The Bertz CT molecular complexity index is 679. The van der Waals surface area contributed by atoms with E-state index in [1.807, 2.05) is 48.2 Å². The van der Waals surface area contributed by atoms with Crippen LogP contribution in [-0.4, -0.2) is 12.5 Å². The Morgan fingerprint density at radius 1 is 1.24 bits per heavy atom. The second-order valence-electron chi connectivity index (χ2n) is 5.70. The maximum Gasteiger partial charge on any atom is 0.231 e. The molecular weight excluding hydrogens is 260 g/mol. The van der Waals surface area contributed by atoms with Crippen LogP contribution < -0.4 is 10.6 Å². The molecule has 108 valence electrons. The Morgan fingerprint density at radius 3 is 2.90 bits per heavy atom. The number of anilines is 2. The molecule has 2 aromatic carbocycles. The van der Waals surface area contributed by atoms with Crippen LogP contribution in [0.15, 0.2) is 42.5 Å². The average molecular weight is 280 g/mol. The number of aryl methyl sites for hydroxylation is 2. The fourth-order valence-corrected chi connectivity index (χ4v) is 2.97. The summed E-state index contributed by atoms with van der Waals surface area (Å²) in [4.78, 5) is 14.5. The van der Waals surface area contributed by atoms with Gasteiger partial charge >= 0.3 is 0 Å². The number of nitrogens with zero attached hydrogens (tertiary/aromatic N) is 1. The van der Waals surface area contributed by atoms with Crippen LogP contribution in [0.25, 0.3) is 0 Å². The minimum atomic E-state index is 0.159. The van der Waals surface area contributed by atoms with Crippen LogP contribution in [0.3, 0.4) is 0 Å². The van der Waals surface area contributed by atoms with Crippen molar-refractivity contribution in [3.05, 3.63) is 59.2 Å². The number of benzene rings is 2. The zero-order chi connectivity index (χ0) is 14.8. The summed E-state index contributed by atoms with van der Waals surface area (Å²) in [5.41, 5.74) is 11.1. The Balaban J connectivity index is 1.83. The summed E-state index contributed by atoms with van der Waals surface area (Å²) >= 11 is 0. The highest BCUT2D eigenvalue weighted by Crippen LogP contribution is 2.29. The molecule has 3 heteroatoms. The Kier molecular flexibility index (Phi) is 3.65. The Hall–Kier alpha value is -2.29. The lowest BCUT2D eigenvalue weighted by molar-refractivity contribution is -0.118. The van der Waals surface area contributed by atoms with Crippen molar-refractivity contribution in [2.24, 2.45) is 0 Å². The first-order chi connectivity index (χ1) is 10.1. The van der Waals surface area contributed by atoms with Crippen molar-refractivity contribution in [3.63, 3.8) is 0 Å². The van der Waals surface area contributed by atoms with Gasteiger partial charge in [-0.05, 0) is 49.1 Å². The van der Waals surface area contributed by atoms with Gasteiger partial charge in [0.2, 0.25) is 5.91 Å². The number of carbonyl (C=O) groups is 1. The van der Waals surface area contributed by atoms with E-state index in [-0.39, 0.29) is 5.91 Å². The third kappa shape index (κ3) is 2.92. The Labute approximate surface area is 125 Å². The Morgan fingerprint density at radius 2 is 2.10 bits per heavy atom. The van der Waals surface area contributed by atoms with Gasteiger partial charge in [0, 0.05) is 17.9 Å². The molecule has 0 aromatic heterocycles. The van der Waals surface area contributed by atoms with Crippen LogP contribution in [0, 0.1) is 6.92 Å². The number of fused-ring (bicyclic) bond motifs is 1. The molecule has 1 aliphatic heterocycles. The number of carbonyl (C=O) groups excluding carboxylic acids is 1. The second kappa shape index (κ2) is 5.60. The van der Waals surface area contributed by atoms with Crippen LogP contribution in [0.4, 0.5) is 11.4 Å². The van der Waals surface area contributed by atoms with E-state index in [2.05, 4.69) is 6.07 Å². The van der Waals surface area contributed by atoms with Gasteiger partial charge in [-0.3, -0.25) is 4.79 Å². The molecule has 1 heterocycles. The van der Waals surface area contributed by atoms with E-state index in [9.17, 15) is 4.79 Å². The van der Waals surface area contributed by atoms with Crippen molar-refractivity contribution in [3.8, 4) is 0 Å². The molecule has 2 N–H and O–H groups in total. The third-order valence-corrected chi connectivity index (χ3v) is 3.96. The predicted octanol–water partition coefficient (Wildman–Crippen LogP) is 3.10. The van der Waals surface area contributed by atoms with E-state index in [1.54, 1.807) is 0 Å². The summed E-state index contributed by atoms with van der Waals surface area (Å²) in [7, 11) is 0. The van der Waals surface area contributed by atoms with Gasteiger partial charge in [0.25, 0.3) is 0 Å². The number of nitrogen functional groups attached to an aromatic ring is 1. The maximum atomic E-state index is 12.6. The van der Waals surface area contributed by atoms with Crippen LogP contribution in [0.1, 0.15) is 23.1 Å². The van der Waals surface area contributed by atoms with Gasteiger partial charge < -0.3 is 10.6 Å². The highest BCUT2D eigenvalue weighted by molar-refractivity contribution is 5.96. The molecule has 0 fully saturated rings. The zero-order valence-corrected chi connectivity index (χ0v) is 12.3. The van der Waals surface area contributed by atoms with Crippen molar-refractivity contribution in [2.75, 3.05) is 17.2 Å². The molecule has 0 saturated carbocycles. The summed E-state index contributed by atoms with van der Waals surface area (Å²) in [5.74, 6) is 0.159. The molecule has 0 aliphatic carbocycles. The highest BCUT2D eigenvalue weighted by atomic mass is 16.2. The number of hydrogen-bond acceptors (Lipinski definition) is 2. The molecule has 2 aromatic rings. The van der Waals surface area contributed by atoms with E-state index in [0.29, 0.717) is 6.42 Å². The molecular formula is C18H20N2O. The number of nitrogens with two attached hydrogens (primary N) is 1. The zero-order valence-electron chi connectivity index (χ0n) is 12.3. The van der Waals surface area contributed by atoms with Gasteiger partial charge in [-0.1, -0.05) is 29.8 Å². The van der Waals surface area contributed by atoms with Crippen LogP contribution >= 0.6 is 0 Å². The highest BCUT2D eigenvalue weighted by Gasteiger charge is 2.22. The van der Waals surface area contributed by atoms with Crippen molar-refractivity contribution >= 4 is 17.3 Å². The summed E-state index contributed by atoms with van der Waals surface area (Å²) in [5, 5.41) is 0. The molecule has 0 radical (unpaired) electrons. The topological polar surface area (TPSA) is 46.3 Å². The van der Waals surface area contributed by atoms with Gasteiger partial charge in [0.15, 0.2) is 0 Å². The number of hydrogen-bond donors (Lipinski definition) is 1. The second-order valence-corrected chi connectivity index (χ2v) is 5.70. The standard InChI is InChI=1S/C18H20N2O/c1-13-4-2-5-14(10-13)11-18(21)20-9-3-6-15-12-16(19)7-8-17(15)20/h2,4-5,7-8,10,12H,3,6,9,11,19H2,1H3. The predicted molar refractivity (Wildman–Crippen MR) is 86.4 cm³/mol. The molecule has 0 spiro atoms. The summed E-state index contributed by atoms with van der Waals surface area (Å²) in [6, 6.07) is 14.0. The number of amides is 1. The maximum absolute atomic E-state index is 12.6. The van der Waals surface area contributed by atoms with Crippen LogP contribution in [0.5, 0.6) is 0 Å². The lowest BCUT2D eigenvalue weighted by atomic mass is 10.00. The van der Waals surface area contributed by atoms with Crippen molar-refractivity contribution < 1.29 is 4.79 Å². The fraction of sp³-hybridized carbons (Fsp3) is 0.278. The first-order valence-electron chi connectivity index (χ1n) is 7.38. The van der Waals surface area contributed by atoms with E-state index in [4.69, 9.17) is 5.73 Å².